The molecule has 2 unspecified atom stereocenters. The zero-order chi connectivity index (χ0) is 30.7. The minimum atomic E-state index is -0.773. The number of benzene rings is 1. The third kappa shape index (κ3) is 9.43. The first-order chi connectivity index (χ1) is 19.5. The number of likely N-dealkylation sites (N-methyl/N-ethyl adjacent to an activating group) is 1. The van der Waals surface area contributed by atoms with E-state index >= 15 is 0 Å². The van der Waals surface area contributed by atoms with Gasteiger partial charge in [0.2, 0.25) is 5.91 Å². The molecule has 0 bridgehead atoms. The average Bonchev–Trinajstić information content (AvgIpc) is 3.35. The number of aliphatic hydroxyl groups excluding tert-OH is 1. The van der Waals surface area contributed by atoms with E-state index in [9.17, 15) is 19.5 Å². The number of hydrogen-bond donors (Lipinski definition) is 1. The van der Waals surface area contributed by atoms with Crippen molar-refractivity contribution in [3.63, 3.8) is 0 Å². The highest BCUT2D eigenvalue weighted by atomic mass is 16.6. The van der Waals surface area contributed by atoms with E-state index in [1.54, 1.807) is 12.0 Å². The molecule has 0 saturated carbocycles. The van der Waals surface area contributed by atoms with E-state index in [0.717, 1.165) is 12.0 Å². The second-order valence-electron chi connectivity index (χ2n) is 12.0. The highest BCUT2D eigenvalue weighted by Gasteiger charge is 2.47. The van der Waals surface area contributed by atoms with Crippen LogP contribution in [-0.2, 0) is 35.0 Å². The Morgan fingerprint density at radius 2 is 1.71 bits per heavy atom. The third-order valence-electron chi connectivity index (χ3n) is 9.05. The van der Waals surface area contributed by atoms with Crippen LogP contribution in [0.3, 0.4) is 0 Å². The lowest BCUT2D eigenvalue weighted by Crippen LogP contribution is -2.51. The largest absolute Gasteiger partial charge is 0.396 e. The quantitative estimate of drug-likeness (QED) is 0.275. The smallest absolute Gasteiger partial charge is 0.225 e. The lowest BCUT2D eigenvalue weighted by atomic mass is 9.87. The van der Waals surface area contributed by atoms with Gasteiger partial charge in [-0.2, -0.15) is 0 Å². The summed E-state index contributed by atoms with van der Waals surface area (Å²) < 4.78 is 17.6. The fraction of sp³-hybridized carbons (Fsp3) is 0.727. The number of aryl methyl sites for hydroxylation is 1. The van der Waals surface area contributed by atoms with E-state index < -0.39 is 30.3 Å². The van der Waals surface area contributed by atoms with Crippen LogP contribution in [0.4, 0.5) is 0 Å². The van der Waals surface area contributed by atoms with Gasteiger partial charge >= 0.3 is 0 Å². The number of hydrogen-bond acceptors (Lipinski definition) is 7. The topological polar surface area (TPSA) is 102 Å². The molecule has 8 atom stereocenters. The molecule has 0 spiro atoms. The molecule has 2 rings (SSSR count). The molecule has 1 aromatic rings. The normalized spacial score (nSPS) is 23.7. The molecule has 1 aliphatic heterocycles. The molecule has 1 aliphatic rings. The Bertz CT molecular complexity index is 952. The van der Waals surface area contributed by atoms with Crippen molar-refractivity contribution in [2.75, 3.05) is 27.9 Å². The van der Waals surface area contributed by atoms with Crippen LogP contribution in [0.5, 0.6) is 0 Å². The number of rotatable bonds is 18. The van der Waals surface area contributed by atoms with Crippen LogP contribution < -0.4 is 0 Å². The van der Waals surface area contributed by atoms with Crippen molar-refractivity contribution >= 4 is 17.5 Å². The summed E-state index contributed by atoms with van der Waals surface area (Å²) in [5.41, 5.74) is 1.07. The van der Waals surface area contributed by atoms with Crippen molar-refractivity contribution in [3.05, 3.63) is 35.9 Å². The van der Waals surface area contributed by atoms with E-state index in [2.05, 4.69) is 13.8 Å². The summed E-state index contributed by atoms with van der Waals surface area (Å²) in [5.74, 6) is -0.191. The Morgan fingerprint density at radius 1 is 1.05 bits per heavy atom. The van der Waals surface area contributed by atoms with E-state index in [1.807, 2.05) is 58.2 Å². The number of aliphatic hydroxyl groups is 1. The van der Waals surface area contributed by atoms with E-state index in [4.69, 9.17) is 14.2 Å². The first-order valence-corrected chi connectivity index (χ1v) is 15.2. The third-order valence-corrected chi connectivity index (χ3v) is 9.05. The van der Waals surface area contributed by atoms with Crippen LogP contribution in [-0.4, -0.2) is 85.8 Å². The van der Waals surface area contributed by atoms with Crippen molar-refractivity contribution in [1.29, 1.82) is 0 Å². The molecule has 1 fully saturated rings. The Hall–Kier alpha value is -2.13. The maximum atomic E-state index is 13.2. The van der Waals surface area contributed by atoms with Crippen LogP contribution in [0, 0.1) is 23.7 Å². The molecule has 8 nitrogen and oxygen atoms in total. The summed E-state index contributed by atoms with van der Waals surface area (Å²) >= 11 is 0. The molecular formula is C33H53NO7. The second kappa shape index (κ2) is 17.1. The molecule has 0 aliphatic carbocycles. The maximum Gasteiger partial charge on any atom is 0.225 e. The minimum absolute atomic E-state index is 0.00368. The number of Topliss-reactive ketones (excluding diaryl/α,β-unsaturated/α-hetero) is 2. The lowest BCUT2D eigenvalue weighted by Gasteiger charge is -2.39. The fourth-order valence-electron chi connectivity index (χ4n) is 5.88. The van der Waals surface area contributed by atoms with Gasteiger partial charge in [0.15, 0.2) is 5.78 Å². The minimum Gasteiger partial charge on any atom is -0.396 e. The number of nitrogens with zero attached hydrogens (tertiary/aromatic N) is 1. The molecule has 1 N–H and O–H groups in total. The zero-order valence-corrected chi connectivity index (χ0v) is 26.4. The van der Waals surface area contributed by atoms with Gasteiger partial charge in [-0.1, -0.05) is 71.4 Å². The van der Waals surface area contributed by atoms with Crippen LogP contribution in [0.15, 0.2) is 30.3 Å². The van der Waals surface area contributed by atoms with Gasteiger partial charge in [0.05, 0.1) is 31.0 Å². The number of ketones is 2. The maximum absolute atomic E-state index is 13.2. The highest BCUT2D eigenvalue weighted by molar-refractivity contribution is 5.84. The molecule has 41 heavy (non-hydrogen) atoms. The molecule has 0 radical (unpaired) electrons. The van der Waals surface area contributed by atoms with Gasteiger partial charge in [0.1, 0.15) is 11.9 Å². The Morgan fingerprint density at radius 3 is 2.24 bits per heavy atom. The molecule has 1 amide bonds. The molecule has 232 valence electrons. The van der Waals surface area contributed by atoms with Crippen molar-refractivity contribution in [1.82, 2.24) is 4.90 Å². The van der Waals surface area contributed by atoms with Crippen LogP contribution in [0.1, 0.15) is 72.3 Å². The Balaban J connectivity index is 2.05. The summed E-state index contributed by atoms with van der Waals surface area (Å²) in [6.45, 7) is 9.97. The molecule has 1 saturated heterocycles. The van der Waals surface area contributed by atoms with E-state index in [0.29, 0.717) is 19.3 Å². The summed E-state index contributed by atoms with van der Waals surface area (Å²) in [7, 11) is 4.93. The number of carbonyl (C=O) groups excluding carboxylic acids is 3. The summed E-state index contributed by atoms with van der Waals surface area (Å²) in [6.07, 6.45) is 0.271. The summed E-state index contributed by atoms with van der Waals surface area (Å²) in [6, 6.07) is 9.56. The second-order valence-corrected chi connectivity index (χ2v) is 12.0. The molecule has 8 heteroatoms. The lowest BCUT2D eigenvalue weighted by molar-refractivity contribution is -0.143. The fourth-order valence-corrected chi connectivity index (χ4v) is 5.88. The number of amides is 1. The van der Waals surface area contributed by atoms with Gasteiger partial charge in [-0.05, 0) is 30.2 Å². The average molecular weight is 576 g/mol. The predicted molar refractivity (Wildman–Crippen MR) is 159 cm³/mol. The van der Waals surface area contributed by atoms with Crippen molar-refractivity contribution in [3.8, 4) is 0 Å². The predicted octanol–water partition coefficient (Wildman–Crippen LogP) is 4.50. The number of methoxy groups -OCH3 is 2. The first kappa shape index (κ1) is 35.1. The Kier molecular flexibility index (Phi) is 14.6. The van der Waals surface area contributed by atoms with Crippen molar-refractivity contribution in [2.45, 2.75) is 104 Å². The molecular weight excluding hydrogens is 522 g/mol. The zero-order valence-electron chi connectivity index (χ0n) is 26.4. The summed E-state index contributed by atoms with van der Waals surface area (Å²) in [4.78, 5) is 41.3. The SMILES string of the molecule is CC[C@H](C)C([C@@H](CC(=O)CC[C@H]1OC(C(=O)CCc2ccccc2)[C@@H](OC)[C@@H]1CO)OC)N(C)C(=O)[C@@H](C)C(C)C. The van der Waals surface area contributed by atoms with Gasteiger partial charge in [-0.3, -0.25) is 14.4 Å². The van der Waals surface area contributed by atoms with Crippen molar-refractivity contribution in [2.24, 2.45) is 23.7 Å². The molecule has 1 heterocycles. The van der Waals surface area contributed by atoms with Crippen LogP contribution in [0.25, 0.3) is 0 Å². The van der Waals surface area contributed by atoms with E-state index in [1.165, 1.54) is 7.11 Å². The monoisotopic (exact) mass is 575 g/mol. The van der Waals surface area contributed by atoms with Gasteiger partial charge in [0, 0.05) is 52.4 Å². The number of carbonyl (C=O) groups is 3. The van der Waals surface area contributed by atoms with Crippen LogP contribution >= 0.6 is 0 Å². The molecule has 0 aromatic heterocycles. The van der Waals surface area contributed by atoms with E-state index in [-0.39, 0.29) is 60.7 Å². The standard InChI is InChI=1S/C33H53NO7/c1-9-22(4)30(34(6)33(38)23(5)21(2)3)29(39-7)19-25(36)16-18-28-26(20-35)31(40-8)32(41-28)27(37)17-15-24-13-11-10-12-14-24/h10-14,21-23,26,28-32,35H,9,15-20H2,1-8H3/t22-,23-,26+,28+,29+,30?,31-,32?/m0/s1. The van der Waals surface area contributed by atoms with Gasteiger partial charge in [-0.15, -0.1) is 0 Å². The Labute approximate surface area is 247 Å². The highest BCUT2D eigenvalue weighted by Crippen LogP contribution is 2.33. The molecule has 1 aromatic carbocycles. The van der Waals surface area contributed by atoms with Gasteiger partial charge in [0.25, 0.3) is 0 Å². The van der Waals surface area contributed by atoms with Gasteiger partial charge in [-0.25, -0.2) is 0 Å². The number of ether oxygens (including phenoxy) is 3. The van der Waals surface area contributed by atoms with Crippen LogP contribution in [0.2, 0.25) is 0 Å². The van der Waals surface area contributed by atoms with Crippen molar-refractivity contribution < 1.29 is 33.7 Å². The summed E-state index contributed by atoms with van der Waals surface area (Å²) in [5, 5.41) is 10.1. The van der Waals surface area contributed by atoms with Gasteiger partial charge < -0.3 is 24.2 Å². The first-order valence-electron chi connectivity index (χ1n) is 15.2.